The zero-order valence-electron chi connectivity index (χ0n) is 16.5. The van der Waals surface area contributed by atoms with Crippen molar-refractivity contribution in [2.24, 2.45) is 0 Å². The maximum atomic E-state index is 13.1. The number of H-pyrrole nitrogens is 1. The monoisotopic (exact) mass is 387 g/mol. The van der Waals surface area contributed by atoms with Gasteiger partial charge in [-0.05, 0) is 38.0 Å². The lowest BCUT2D eigenvalue weighted by atomic mass is 10.1. The topological polar surface area (TPSA) is 92.1 Å². The van der Waals surface area contributed by atoms with E-state index in [1.807, 2.05) is 44.2 Å². The van der Waals surface area contributed by atoms with E-state index in [-0.39, 0.29) is 5.56 Å². The molecule has 4 rings (SSSR count). The van der Waals surface area contributed by atoms with Gasteiger partial charge in [0.15, 0.2) is 5.65 Å². The summed E-state index contributed by atoms with van der Waals surface area (Å²) in [5.41, 5.74) is 4.53. The van der Waals surface area contributed by atoms with Crippen LogP contribution in [0, 0.1) is 13.8 Å². The molecule has 0 bridgehead atoms. The first-order valence-corrected chi connectivity index (χ1v) is 9.43. The molecule has 0 aliphatic carbocycles. The quantitative estimate of drug-likeness (QED) is 0.560. The van der Waals surface area contributed by atoms with Gasteiger partial charge in [0.2, 0.25) is 0 Å². The zero-order chi connectivity index (χ0) is 20.5. The van der Waals surface area contributed by atoms with Gasteiger partial charge < -0.3 is 5.32 Å². The number of amides is 1. The minimum Gasteiger partial charge on any atom is -0.322 e. The Bertz CT molecular complexity index is 1270. The van der Waals surface area contributed by atoms with E-state index in [1.54, 1.807) is 25.3 Å². The van der Waals surface area contributed by atoms with Crippen LogP contribution < -0.4 is 10.9 Å². The Balaban J connectivity index is 1.80. The highest BCUT2D eigenvalue weighted by molar-refractivity contribution is 6.05. The summed E-state index contributed by atoms with van der Waals surface area (Å²) in [6.07, 6.45) is 2.39. The number of nitrogens with one attached hydrogen (secondary N) is 2. The molecule has 0 saturated carbocycles. The number of pyridine rings is 1. The van der Waals surface area contributed by atoms with Crippen LogP contribution >= 0.6 is 0 Å². The molecular formula is C22H21N5O2. The molecule has 3 heterocycles. The molecule has 0 aliphatic heterocycles. The van der Waals surface area contributed by atoms with Gasteiger partial charge in [-0.2, -0.15) is 0 Å². The minimum atomic E-state index is -0.490. The lowest BCUT2D eigenvalue weighted by Gasteiger charge is -2.08. The molecule has 3 aromatic heterocycles. The average molecular weight is 387 g/mol. The highest BCUT2D eigenvalue weighted by Gasteiger charge is 2.21. The first-order valence-electron chi connectivity index (χ1n) is 9.43. The third kappa shape index (κ3) is 3.31. The highest BCUT2D eigenvalue weighted by atomic mass is 16.2. The molecule has 1 amide bonds. The Labute approximate surface area is 167 Å². The summed E-state index contributed by atoms with van der Waals surface area (Å²) >= 11 is 0. The second-order valence-corrected chi connectivity index (χ2v) is 6.86. The van der Waals surface area contributed by atoms with Gasteiger partial charge in [0.25, 0.3) is 11.5 Å². The maximum Gasteiger partial charge on any atom is 0.285 e. The lowest BCUT2D eigenvalue weighted by Crippen LogP contribution is -2.29. The molecule has 0 atom stereocenters. The Morgan fingerprint density at radius 1 is 1.17 bits per heavy atom. The standard InChI is InChI=1S/C22H21N5O2/c1-4-16-12-17(10-11-23-16)25-21(28)19-13(2)24-20-18(15-8-6-5-7-9-15)14(3)26-27(20)22(19)29/h5-12,26H,4H2,1-3H3,(H,23,25,28). The second-order valence-electron chi connectivity index (χ2n) is 6.86. The number of benzene rings is 1. The van der Waals surface area contributed by atoms with Crippen LogP contribution in [0.2, 0.25) is 0 Å². The van der Waals surface area contributed by atoms with Crippen molar-refractivity contribution in [3.63, 3.8) is 0 Å². The van der Waals surface area contributed by atoms with Crippen LogP contribution in [-0.2, 0) is 6.42 Å². The van der Waals surface area contributed by atoms with Gasteiger partial charge in [-0.25, -0.2) is 9.50 Å². The zero-order valence-corrected chi connectivity index (χ0v) is 16.5. The summed E-state index contributed by atoms with van der Waals surface area (Å²) in [5.74, 6) is -0.490. The largest absolute Gasteiger partial charge is 0.322 e. The Kier molecular flexibility index (Phi) is 4.72. The molecule has 7 heteroatoms. The van der Waals surface area contributed by atoms with Gasteiger partial charge >= 0.3 is 0 Å². The van der Waals surface area contributed by atoms with Crippen LogP contribution in [0.25, 0.3) is 16.8 Å². The van der Waals surface area contributed by atoms with E-state index < -0.39 is 11.5 Å². The predicted molar refractivity (Wildman–Crippen MR) is 112 cm³/mol. The summed E-state index contributed by atoms with van der Waals surface area (Å²) in [5, 5.41) is 5.84. The second kappa shape index (κ2) is 7.35. The van der Waals surface area contributed by atoms with Crippen molar-refractivity contribution in [1.29, 1.82) is 0 Å². The normalized spacial score (nSPS) is 11.0. The number of aromatic nitrogens is 4. The van der Waals surface area contributed by atoms with Crippen LogP contribution in [0.3, 0.4) is 0 Å². The van der Waals surface area contributed by atoms with Crippen molar-refractivity contribution in [3.8, 4) is 11.1 Å². The van der Waals surface area contributed by atoms with E-state index in [1.165, 1.54) is 4.52 Å². The van der Waals surface area contributed by atoms with Gasteiger partial charge in [0, 0.05) is 28.8 Å². The smallest absolute Gasteiger partial charge is 0.285 e. The predicted octanol–water partition coefficient (Wildman–Crippen LogP) is 3.52. The molecule has 0 saturated heterocycles. The van der Waals surface area contributed by atoms with E-state index >= 15 is 0 Å². The molecular weight excluding hydrogens is 366 g/mol. The summed E-state index contributed by atoms with van der Waals surface area (Å²) in [6.45, 7) is 5.55. The Morgan fingerprint density at radius 3 is 2.66 bits per heavy atom. The Hall–Kier alpha value is -3.74. The summed E-state index contributed by atoms with van der Waals surface area (Å²) in [6, 6.07) is 13.2. The fraction of sp³-hybridized carbons (Fsp3) is 0.182. The average Bonchev–Trinajstić information content (AvgIpc) is 3.05. The fourth-order valence-electron chi connectivity index (χ4n) is 3.44. The summed E-state index contributed by atoms with van der Waals surface area (Å²) < 4.78 is 1.34. The molecule has 0 spiro atoms. The van der Waals surface area contributed by atoms with Gasteiger partial charge in [-0.1, -0.05) is 37.3 Å². The number of carbonyl (C=O) groups excluding carboxylic acids is 1. The number of aryl methyl sites for hydroxylation is 3. The minimum absolute atomic E-state index is 0.0122. The van der Waals surface area contributed by atoms with Gasteiger partial charge in [0.05, 0.1) is 5.69 Å². The number of aromatic amines is 1. The third-order valence-corrected chi connectivity index (χ3v) is 4.87. The van der Waals surface area contributed by atoms with Crippen LogP contribution in [0.1, 0.15) is 34.4 Å². The molecule has 29 heavy (non-hydrogen) atoms. The lowest BCUT2D eigenvalue weighted by molar-refractivity contribution is 0.102. The number of anilines is 1. The van der Waals surface area contributed by atoms with Crippen molar-refractivity contribution in [2.45, 2.75) is 27.2 Å². The van der Waals surface area contributed by atoms with Crippen molar-refractivity contribution in [2.75, 3.05) is 5.32 Å². The molecule has 0 aliphatic rings. The molecule has 0 unspecified atom stereocenters. The molecule has 4 aromatic rings. The molecule has 146 valence electrons. The first-order chi connectivity index (χ1) is 14.0. The van der Waals surface area contributed by atoms with Crippen LogP contribution in [0.4, 0.5) is 5.69 Å². The molecule has 0 fully saturated rings. The van der Waals surface area contributed by atoms with E-state index in [4.69, 9.17) is 0 Å². The van der Waals surface area contributed by atoms with Crippen molar-refractivity contribution >= 4 is 17.2 Å². The fourth-order valence-corrected chi connectivity index (χ4v) is 3.44. The summed E-state index contributed by atoms with van der Waals surface area (Å²) in [7, 11) is 0. The maximum absolute atomic E-state index is 13.1. The number of hydrogen-bond donors (Lipinski definition) is 2. The molecule has 1 aromatic carbocycles. The first kappa shape index (κ1) is 18.6. The number of hydrogen-bond acceptors (Lipinski definition) is 4. The highest BCUT2D eigenvalue weighted by Crippen LogP contribution is 2.26. The molecule has 7 nitrogen and oxygen atoms in total. The van der Waals surface area contributed by atoms with Crippen LogP contribution in [0.5, 0.6) is 0 Å². The molecule has 2 N–H and O–H groups in total. The van der Waals surface area contributed by atoms with Crippen molar-refractivity contribution < 1.29 is 4.79 Å². The Morgan fingerprint density at radius 2 is 1.93 bits per heavy atom. The number of nitrogens with zero attached hydrogens (tertiary/aromatic N) is 3. The van der Waals surface area contributed by atoms with Crippen molar-refractivity contribution in [3.05, 3.63) is 81.7 Å². The number of fused-ring (bicyclic) bond motifs is 1. The molecule has 0 radical (unpaired) electrons. The van der Waals surface area contributed by atoms with Gasteiger partial charge in [-0.3, -0.25) is 19.7 Å². The van der Waals surface area contributed by atoms with Gasteiger partial charge in [0.1, 0.15) is 5.56 Å². The van der Waals surface area contributed by atoms with E-state index in [0.717, 1.165) is 28.9 Å². The van der Waals surface area contributed by atoms with E-state index in [0.29, 0.717) is 17.0 Å². The number of carbonyl (C=O) groups is 1. The third-order valence-electron chi connectivity index (χ3n) is 4.87. The van der Waals surface area contributed by atoms with E-state index in [9.17, 15) is 9.59 Å². The van der Waals surface area contributed by atoms with Crippen molar-refractivity contribution in [1.82, 2.24) is 19.6 Å². The van der Waals surface area contributed by atoms with E-state index in [2.05, 4.69) is 20.4 Å². The summed E-state index contributed by atoms with van der Waals surface area (Å²) in [4.78, 5) is 34.8. The van der Waals surface area contributed by atoms with Gasteiger partial charge in [-0.15, -0.1) is 0 Å². The van der Waals surface area contributed by atoms with Crippen LogP contribution in [-0.4, -0.2) is 25.5 Å². The van der Waals surface area contributed by atoms with Crippen LogP contribution in [0.15, 0.2) is 53.5 Å². The number of rotatable bonds is 4. The SMILES string of the molecule is CCc1cc(NC(=O)c2c(C)nc3c(-c4ccccc4)c(C)[nH]n3c2=O)ccn1.